The molecule has 0 aliphatic heterocycles. The molecule has 1 aromatic heterocycles. The van der Waals surface area contributed by atoms with Gasteiger partial charge in [-0.25, -0.2) is 0 Å². The molecule has 0 aromatic carbocycles. The maximum Gasteiger partial charge on any atom is 0.258 e. The molecule has 1 rings (SSSR count). The van der Waals surface area contributed by atoms with E-state index in [1.165, 1.54) is 0 Å². The Balaban J connectivity index is 2.53. The second-order valence-corrected chi connectivity index (χ2v) is 3.65. The minimum Gasteiger partial charge on any atom is -0.386 e. The first-order chi connectivity index (χ1) is 7.49. The predicted octanol–water partition coefficient (Wildman–Crippen LogP) is 0.378. The van der Waals surface area contributed by atoms with Crippen LogP contribution in [0.25, 0.3) is 0 Å². The monoisotopic (exact) mass is 224 g/mol. The lowest BCUT2D eigenvalue weighted by Gasteiger charge is -2.03. The number of nitrogens with zero attached hydrogens (tertiary/aromatic N) is 3. The van der Waals surface area contributed by atoms with Crippen LogP contribution in [-0.2, 0) is 16.2 Å². The van der Waals surface area contributed by atoms with Gasteiger partial charge in [-0.15, -0.1) is 0 Å². The molecule has 16 heavy (non-hydrogen) atoms. The van der Waals surface area contributed by atoms with Crippen molar-refractivity contribution in [3.05, 3.63) is 17.5 Å². The summed E-state index contributed by atoms with van der Waals surface area (Å²) >= 11 is 0. The van der Waals surface area contributed by atoms with Crippen molar-refractivity contribution in [1.29, 1.82) is 0 Å². The third kappa shape index (κ3) is 3.72. The summed E-state index contributed by atoms with van der Waals surface area (Å²) in [6, 6.07) is 1.98. The fourth-order valence-corrected chi connectivity index (χ4v) is 1.29. The molecule has 0 atom stereocenters. The number of amides is 1. The largest absolute Gasteiger partial charge is 0.386 e. The van der Waals surface area contributed by atoms with E-state index in [0.717, 1.165) is 17.1 Å². The molecule has 0 saturated heterocycles. The van der Waals surface area contributed by atoms with Gasteiger partial charge in [0.05, 0.1) is 18.0 Å². The highest BCUT2D eigenvalue weighted by Crippen LogP contribution is 2.01. The van der Waals surface area contributed by atoms with Gasteiger partial charge < -0.3 is 10.6 Å². The van der Waals surface area contributed by atoms with Gasteiger partial charge >= 0.3 is 0 Å². The van der Waals surface area contributed by atoms with Crippen LogP contribution in [0.3, 0.4) is 0 Å². The average molecular weight is 224 g/mol. The fourth-order valence-electron chi connectivity index (χ4n) is 1.29. The second kappa shape index (κ2) is 5.29. The van der Waals surface area contributed by atoms with Crippen LogP contribution in [0.15, 0.2) is 11.2 Å². The summed E-state index contributed by atoms with van der Waals surface area (Å²) in [5.74, 6) is -0.539. The number of oxime groups is 1. The van der Waals surface area contributed by atoms with Gasteiger partial charge in [0.1, 0.15) is 0 Å². The Bertz CT molecular complexity index is 409. The van der Waals surface area contributed by atoms with Crippen molar-refractivity contribution in [2.24, 2.45) is 10.9 Å². The summed E-state index contributed by atoms with van der Waals surface area (Å²) in [4.78, 5) is 15.2. The van der Waals surface area contributed by atoms with E-state index in [0.29, 0.717) is 6.54 Å². The van der Waals surface area contributed by atoms with E-state index in [4.69, 9.17) is 10.6 Å². The first kappa shape index (κ1) is 12.2. The lowest BCUT2D eigenvalue weighted by Crippen LogP contribution is -2.17. The van der Waals surface area contributed by atoms with Crippen molar-refractivity contribution >= 4 is 11.6 Å². The molecular weight excluding hydrogens is 208 g/mol. The van der Waals surface area contributed by atoms with Gasteiger partial charge in [0.2, 0.25) is 0 Å². The van der Waals surface area contributed by atoms with Gasteiger partial charge in [-0.3, -0.25) is 9.48 Å². The Kier molecular flexibility index (Phi) is 4.04. The first-order valence-corrected chi connectivity index (χ1v) is 4.94. The lowest BCUT2D eigenvalue weighted by atomic mass is 10.4. The van der Waals surface area contributed by atoms with E-state index in [1.807, 2.05) is 24.6 Å². The van der Waals surface area contributed by atoms with E-state index in [2.05, 4.69) is 10.3 Å². The van der Waals surface area contributed by atoms with Crippen LogP contribution in [-0.4, -0.2) is 28.0 Å². The van der Waals surface area contributed by atoms with Gasteiger partial charge in [-0.1, -0.05) is 5.16 Å². The van der Waals surface area contributed by atoms with Crippen LogP contribution >= 0.6 is 0 Å². The number of rotatable bonds is 5. The first-order valence-electron chi connectivity index (χ1n) is 4.94. The summed E-state index contributed by atoms with van der Waals surface area (Å²) in [7, 11) is 0. The molecule has 1 amide bonds. The van der Waals surface area contributed by atoms with E-state index in [1.54, 1.807) is 6.92 Å². The molecule has 0 unspecified atom stereocenters. The number of aromatic nitrogens is 2. The zero-order chi connectivity index (χ0) is 12.1. The highest BCUT2D eigenvalue weighted by Gasteiger charge is 2.02. The molecule has 0 aliphatic carbocycles. The van der Waals surface area contributed by atoms with Crippen molar-refractivity contribution in [2.45, 2.75) is 27.3 Å². The van der Waals surface area contributed by atoms with Crippen LogP contribution < -0.4 is 5.73 Å². The maximum absolute atomic E-state index is 10.4. The second-order valence-electron chi connectivity index (χ2n) is 3.65. The van der Waals surface area contributed by atoms with Crippen LogP contribution in [0.1, 0.15) is 18.3 Å². The SMILES string of the molecule is C/C(Cn1nc(C)cc1C)=N\OCC(N)=O. The lowest BCUT2D eigenvalue weighted by molar-refractivity contribution is -0.122. The smallest absolute Gasteiger partial charge is 0.258 e. The Hall–Kier alpha value is -1.85. The molecule has 1 aromatic rings. The number of aryl methyl sites for hydroxylation is 2. The van der Waals surface area contributed by atoms with Gasteiger partial charge in [0, 0.05) is 5.69 Å². The van der Waals surface area contributed by atoms with Crippen molar-refractivity contribution < 1.29 is 9.63 Å². The van der Waals surface area contributed by atoms with Crippen LogP contribution in [0.5, 0.6) is 0 Å². The van der Waals surface area contributed by atoms with E-state index >= 15 is 0 Å². The predicted molar refractivity (Wildman–Crippen MR) is 60.0 cm³/mol. The minimum absolute atomic E-state index is 0.200. The quantitative estimate of drug-likeness (QED) is 0.579. The number of nitrogens with two attached hydrogens (primary N) is 1. The summed E-state index contributed by atoms with van der Waals surface area (Å²) in [6.07, 6.45) is 0. The number of hydrogen-bond donors (Lipinski definition) is 1. The molecular formula is C10H16N4O2. The topological polar surface area (TPSA) is 82.5 Å². The molecule has 0 aliphatic rings. The molecule has 0 radical (unpaired) electrons. The number of carbonyl (C=O) groups is 1. The molecule has 0 fully saturated rings. The van der Waals surface area contributed by atoms with Crippen LogP contribution in [0, 0.1) is 13.8 Å². The molecule has 6 heteroatoms. The molecule has 0 spiro atoms. The van der Waals surface area contributed by atoms with E-state index < -0.39 is 5.91 Å². The van der Waals surface area contributed by atoms with Gasteiger partial charge in [0.15, 0.2) is 6.61 Å². The van der Waals surface area contributed by atoms with E-state index in [-0.39, 0.29) is 6.61 Å². The normalized spacial score (nSPS) is 11.6. The Morgan fingerprint density at radius 3 is 2.81 bits per heavy atom. The molecule has 88 valence electrons. The standard InChI is InChI=1S/C10H16N4O2/c1-7-4-9(3)14(12-7)5-8(2)13-16-6-10(11)15/h4H,5-6H2,1-3H3,(H2,11,15)/b13-8+. The van der Waals surface area contributed by atoms with Crippen molar-refractivity contribution in [3.63, 3.8) is 0 Å². The molecule has 6 nitrogen and oxygen atoms in total. The third-order valence-corrected chi connectivity index (χ3v) is 1.91. The highest BCUT2D eigenvalue weighted by atomic mass is 16.6. The molecule has 2 N–H and O–H groups in total. The fraction of sp³-hybridized carbons (Fsp3) is 0.500. The average Bonchev–Trinajstić information content (AvgIpc) is 2.44. The maximum atomic E-state index is 10.4. The summed E-state index contributed by atoms with van der Waals surface area (Å²) < 4.78 is 1.82. The van der Waals surface area contributed by atoms with Gasteiger partial charge in [0.25, 0.3) is 5.91 Å². The molecule has 0 saturated carbocycles. The zero-order valence-electron chi connectivity index (χ0n) is 9.73. The number of hydrogen-bond acceptors (Lipinski definition) is 4. The van der Waals surface area contributed by atoms with Crippen molar-refractivity contribution in [1.82, 2.24) is 9.78 Å². The third-order valence-electron chi connectivity index (χ3n) is 1.91. The van der Waals surface area contributed by atoms with E-state index in [9.17, 15) is 4.79 Å². The molecule has 0 bridgehead atoms. The summed E-state index contributed by atoms with van der Waals surface area (Å²) in [5, 5.41) is 8.05. The molecule has 1 heterocycles. The van der Waals surface area contributed by atoms with Crippen molar-refractivity contribution in [3.8, 4) is 0 Å². The summed E-state index contributed by atoms with van der Waals surface area (Å²) in [6.45, 7) is 6.04. The minimum atomic E-state index is -0.539. The Morgan fingerprint density at radius 2 is 2.31 bits per heavy atom. The summed E-state index contributed by atoms with van der Waals surface area (Å²) in [5.41, 5.74) is 7.66. The zero-order valence-corrected chi connectivity index (χ0v) is 9.73. The number of carbonyl (C=O) groups excluding carboxylic acids is 1. The number of primary amides is 1. The Labute approximate surface area is 94.1 Å². The highest BCUT2D eigenvalue weighted by molar-refractivity contribution is 5.81. The van der Waals surface area contributed by atoms with Crippen molar-refractivity contribution in [2.75, 3.05) is 6.61 Å². The van der Waals surface area contributed by atoms with Crippen LogP contribution in [0.2, 0.25) is 0 Å². The van der Waals surface area contributed by atoms with Crippen LogP contribution in [0.4, 0.5) is 0 Å². The Morgan fingerprint density at radius 1 is 1.62 bits per heavy atom. The van der Waals surface area contributed by atoms with Gasteiger partial charge in [-0.2, -0.15) is 5.10 Å². The van der Waals surface area contributed by atoms with Gasteiger partial charge in [-0.05, 0) is 26.8 Å².